The average Bonchev–Trinajstić information content (AvgIpc) is 3.25. The van der Waals surface area contributed by atoms with Crippen molar-refractivity contribution in [3.63, 3.8) is 0 Å². The van der Waals surface area contributed by atoms with Crippen LogP contribution < -0.4 is 5.32 Å². The van der Waals surface area contributed by atoms with Crippen LogP contribution in [0.25, 0.3) is 0 Å². The summed E-state index contributed by atoms with van der Waals surface area (Å²) in [6, 6.07) is 9.07. The molecule has 2 unspecified atom stereocenters. The lowest BCUT2D eigenvalue weighted by molar-refractivity contribution is -0.138. The zero-order valence-electron chi connectivity index (χ0n) is 14.1. The maximum atomic E-state index is 13.1. The smallest absolute Gasteiger partial charge is 0.416 e. The topological polar surface area (TPSA) is 51.5 Å². The summed E-state index contributed by atoms with van der Waals surface area (Å²) < 4.78 is 49.7. The van der Waals surface area contributed by atoms with Crippen LogP contribution in [0.4, 0.5) is 13.2 Å². The van der Waals surface area contributed by atoms with Gasteiger partial charge in [-0.3, -0.25) is 4.79 Å². The minimum absolute atomic E-state index is 0.196. The summed E-state index contributed by atoms with van der Waals surface area (Å²) in [7, 11) is 0. The molecule has 2 atom stereocenters. The largest absolute Gasteiger partial charge is 0.467 e. The molecule has 140 valence electrons. The molecule has 0 saturated heterocycles. The van der Waals surface area contributed by atoms with Crippen LogP contribution in [0.1, 0.15) is 35.6 Å². The predicted octanol–water partition coefficient (Wildman–Crippen LogP) is 4.13. The van der Waals surface area contributed by atoms with Gasteiger partial charge in [-0.15, -0.1) is 0 Å². The molecule has 1 aliphatic rings. The summed E-state index contributed by atoms with van der Waals surface area (Å²) in [5.41, 5.74) is -0.437. The van der Waals surface area contributed by atoms with E-state index in [0.717, 1.165) is 11.8 Å². The van der Waals surface area contributed by atoms with Crippen molar-refractivity contribution in [2.24, 2.45) is 5.92 Å². The second-order valence-electron chi connectivity index (χ2n) is 6.31. The van der Waals surface area contributed by atoms with E-state index in [9.17, 15) is 18.0 Å². The van der Waals surface area contributed by atoms with Crippen LogP contribution >= 0.6 is 0 Å². The van der Waals surface area contributed by atoms with Gasteiger partial charge in [-0.05, 0) is 42.5 Å². The summed E-state index contributed by atoms with van der Waals surface area (Å²) in [4.78, 5) is 12.1. The molecule has 4 nitrogen and oxygen atoms in total. The number of nitrogens with one attached hydrogen (secondary N) is 1. The van der Waals surface area contributed by atoms with E-state index in [1.54, 1.807) is 18.4 Å². The van der Waals surface area contributed by atoms with Gasteiger partial charge in [0.05, 0.1) is 11.8 Å². The number of ether oxygens (including phenoxy) is 1. The molecule has 1 amide bonds. The molecule has 3 rings (SSSR count). The Morgan fingerprint density at radius 1 is 1.23 bits per heavy atom. The van der Waals surface area contributed by atoms with E-state index in [0.29, 0.717) is 32.6 Å². The minimum Gasteiger partial charge on any atom is -0.467 e. The number of benzene rings is 1. The van der Waals surface area contributed by atoms with Crippen LogP contribution in [0, 0.1) is 5.92 Å². The molecular formula is C19H20F3NO3. The van der Waals surface area contributed by atoms with E-state index >= 15 is 0 Å². The predicted molar refractivity (Wildman–Crippen MR) is 88.3 cm³/mol. The molecule has 7 heteroatoms. The lowest BCUT2D eigenvalue weighted by Gasteiger charge is -2.12. The van der Waals surface area contributed by atoms with Gasteiger partial charge in [0.1, 0.15) is 12.4 Å². The van der Waals surface area contributed by atoms with Gasteiger partial charge in [-0.1, -0.05) is 18.2 Å². The van der Waals surface area contributed by atoms with Gasteiger partial charge in [-0.25, -0.2) is 0 Å². The number of carbonyl (C=O) groups is 1. The molecule has 1 heterocycles. The first-order chi connectivity index (χ1) is 12.5. The Morgan fingerprint density at radius 2 is 2.04 bits per heavy atom. The molecule has 0 spiro atoms. The zero-order chi connectivity index (χ0) is 18.6. The van der Waals surface area contributed by atoms with E-state index in [1.807, 2.05) is 6.07 Å². The summed E-state index contributed by atoms with van der Waals surface area (Å²) in [5, 5.41) is 2.77. The summed E-state index contributed by atoms with van der Waals surface area (Å²) in [6.07, 6.45) is -1.75. The second kappa shape index (κ2) is 7.95. The van der Waals surface area contributed by atoms with Crippen LogP contribution in [0.2, 0.25) is 0 Å². The number of furan rings is 1. The van der Waals surface area contributed by atoms with Gasteiger partial charge in [0.2, 0.25) is 5.91 Å². The van der Waals surface area contributed by atoms with Gasteiger partial charge in [0.25, 0.3) is 0 Å². The Morgan fingerprint density at radius 3 is 2.77 bits per heavy atom. The summed E-state index contributed by atoms with van der Waals surface area (Å²) >= 11 is 0. The molecule has 1 aromatic carbocycles. The van der Waals surface area contributed by atoms with E-state index in [4.69, 9.17) is 9.15 Å². The van der Waals surface area contributed by atoms with Gasteiger partial charge >= 0.3 is 6.18 Å². The van der Waals surface area contributed by atoms with Gasteiger partial charge in [0.15, 0.2) is 0 Å². The molecule has 1 fully saturated rings. The number of hydrogen-bond acceptors (Lipinski definition) is 3. The highest BCUT2D eigenvalue weighted by Gasteiger charge is 2.47. The van der Waals surface area contributed by atoms with Gasteiger partial charge in [-0.2, -0.15) is 13.2 Å². The van der Waals surface area contributed by atoms with Crippen LogP contribution in [-0.4, -0.2) is 19.1 Å². The molecule has 1 aliphatic carbocycles. The lowest BCUT2D eigenvalue weighted by atomic mass is 10.0. The number of amides is 1. The van der Waals surface area contributed by atoms with E-state index in [1.165, 1.54) is 12.1 Å². The second-order valence-corrected chi connectivity index (χ2v) is 6.31. The Hall–Kier alpha value is -2.28. The van der Waals surface area contributed by atoms with Gasteiger partial charge < -0.3 is 14.5 Å². The Labute approximate surface area is 149 Å². The van der Waals surface area contributed by atoms with Crippen molar-refractivity contribution in [3.05, 3.63) is 59.5 Å². The first kappa shape index (κ1) is 18.5. The standard InChI is InChI=1S/C19H20F3NO3/c20-19(21,22)17-7-2-1-6-14(17)15-11-16(15)18(24)23-8-4-9-25-12-13-5-3-10-26-13/h1-3,5-7,10,15-16H,4,8-9,11-12H2,(H,23,24). The summed E-state index contributed by atoms with van der Waals surface area (Å²) in [6.45, 7) is 1.27. The Bertz CT molecular complexity index is 728. The molecule has 0 radical (unpaired) electrons. The van der Waals surface area contributed by atoms with Crippen LogP contribution in [0.15, 0.2) is 47.1 Å². The van der Waals surface area contributed by atoms with E-state index in [2.05, 4.69) is 5.32 Å². The van der Waals surface area contributed by atoms with Crippen LogP contribution in [-0.2, 0) is 22.3 Å². The normalized spacial score (nSPS) is 19.3. The summed E-state index contributed by atoms with van der Waals surface area (Å²) in [5.74, 6) is -0.207. The highest BCUT2D eigenvalue weighted by atomic mass is 19.4. The third-order valence-corrected chi connectivity index (χ3v) is 4.38. The molecule has 26 heavy (non-hydrogen) atoms. The third-order valence-electron chi connectivity index (χ3n) is 4.38. The highest BCUT2D eigenvalue weighted by Crippen LogP contribution is 2.50. The molecular weight excluding hydrogens is 347 g/mol. The molecule has 1 saturated carbocycles. The molecule has 1 aromatic heterocycles. The maximum absolute atomic E-state index is 13.1. The Balaban J connectivity index is 1.39. The Kier molecular flexibility index (Phi) is 5.66. The first-order valence-electron chi connectivity index (χ1n) is 8.51. The van der Waals surface area contributed by atoms with Crippen LogP contribution in [0.5, 0.6) is 0 Å². The molecule has 0 aliphatic heterocycles. The lowest BCUT2D eigenvalue weighted by Crippen LogP contribution is -2.27. The van der Waals surface area contributed by atoms with Crippen molar-refractivity contribution in [3.8, 4) is 0 Å². The van der Waals surface area contributed by atoms with Crippen molar-refractivity contribution in [2.45, 2.75) is 31.5 Å². The number of carbonyl (C=O) groups excluding carboxylic acids is 1. The fourth-order valence-electron chi connectivity index (χ4n) is 2.99. The molecule has 2 aromatic rings. The van der Waals surface area contributed by atoms with Gasteiger partial charge in [0, 0.05) is 19.1 Å². The fourth-order valence-corrected chi connectivity index (χ4v) is 2.99. The monoisotopic (exact) mass is 367 g/mol. The average molecular weight is 367 g/mol. The number of hydrogen-bond donors (Lipinski definition) is 1. The van der Waals surface area contributed by atoms with Crippen molar-refractivity contribution in [1.82, 2.24) is 5.32 Å². The van der Waals surface area contributed by atoms with Crippen molar-refractivity contribution >= 4 is 5.91 Å². The van der Waals surface area contributed by atoms with Crippen molar-refractivity contribution in [2.75, 3.05) is 13.2 Å². The maximum Gasteiger partial charge on any atom is 0.416 e. The number of alkyl halides is 3. The fraction of sp³-hybridized carbons (Fsp3) is 0.421. The molecule has 0 bridgehead atoms. The number of rotatable bonds is 8. The highest BCUT2D eigenvalue weighted by molar-refractivity contribution is 5.83. The SMILES string of the molecule is O=C(NCCCOCc1ccco1)C1CC1c1ccccc1C(F)(F)F. The van der Waals surface area contributed by atoms with Crippen molar-refractivity contribution < 1.29 is 27.1 Å². The van der Waals surface area contributed by atoms with E-state index < -0.39 is 11.7 Å². The zero-order valence-corrected chi connectivity index (χ0v) is 14.1. The number of halogens is 3. The van der Waals surface area contributed by atoms with Crippen molar-refractivity contribution in [1.29, 1.82) is 0 Å². The first-order valence-corrected chi connectivity index (χ1v) is 8.51. The van der Waals surface area contributed by atoms with E-state index in [-0.39, 0.29) is 23.3 Å². The minimum atomic E-state index is -4.40. The molecule has 1 N–H and O–H groups in total. The van der Waals surface area contributed by atoms with Crippen LogP contribution in [0.3, 0.4) is 0 Å². The third kappa shape index (κ3) is 4.66. The quantitative estimate of drug-likeness (QED) is 0.714.